The van der Waals surface area contributed by atoms with Crippen molar-refractivity contribution in [3.8, 4) is 0 Å². The predicted octanol–water partition coefficient (Wildman–Crippen LogP) is 5.03. The molecule has 28 heavy (non-hydrogen) atoms. The number of anilines is 1. The first-order chi connectivity index (χ1) is 13.6. The van der Waals surface area contributed by atoms with Crippen LogP contribution in [0, 0.1) is 0 Å². The van der Waals surface area contributed by atoms with Crippen LogP contribution in [0.1, 0.15) is 30.4 Å². The number of esters is 1. The molecule has 4 rings (SSSR count). The number of amides is 1. The van der Waals surface area contributed by atoms with E-state index in [0.29, 0.717) is 13.0 Å². The monoisotopic (exact) mass is 437 g/mol. The number of benzene rings is 3. The maximum absolute atomic E-state index is 13.0. The van der Waals surface area contributed by atoms with Crippen LogP contribution >= 0.6 is 15.9 Å². The number of ether oxygens (including phenoxy) is 1. The smallest absolute Gasteiger partial charge is 0.326 e. The summed E-state index contributed by atoms with van der Waals surface area (Å²) in [5.41, 5.74) is 2.93. The second kappa shape index (κ2) is 7.76. The first kappa shape index (κ1) is 18.7. The minimum atomic E-state index is -0.394. The van der Waals surface area contributed by atoms with Crippen LogP contribution in [0.5, 0.6) is 0 Å². The molecule has 142 valence electrons. The minimum absolute atomic E-state index is 0.0688. The molecule has 1 amide bonds. The molecular weight excluding hydrogens is 418 g/mol. The molecule has 1 heterocycles. The Morgan fingerprint density at radius 1 is 1.11 bits per heavy atom. The van der Waals surface area contributed by atoms with Crippen LogP contribution in [0.4, 0.5) is 5.69 Å². The summed E-state index contributed by atoms with van der Waals surface area (Å²) < 4.78 is 6.06. The summed E-state index contributed by atoms with van der Waals surface area (Å²) >= 11 is 3.64. The van der Waals surface area contributed by atoms with E-state index in [1.807, 2.05) is 42.5 Å². The predicted molar refractivity (Wildman–Crippen MR) is 114 cm³/mol. The summed E-state index contributed by atoms with van der Waals surface area (Å²) in [6.07, 6.45) is 0.309. The van der Waals surface area contributed by atoms with Gasteiger partial charge in [0, 0.05) is 22.5 Å². The molecule has 3 aromatic carbocycles. The number of carbonyl (C=O) groups excluding carboxylic acids is 2. The van der Waals surface area contributed by atoms with Gasteiger partial charge in [-0.25, -0.2) is 0 Å². The van der Waals surface area contributed by atoms with E-state index in [4.69, 9.17) is 4.74 Å². The molecule has 0 aliphatic carbocycles. The van der Waals surface area contributed by atoms with Gasteiger partial charge in [0.25, 0.3) is 0 Å². The van der Waals surface area contributed by atoms with E-state index in [9.17, 15) is 9.59 Å². The van der Waals surface area contributed by atoms with Crippen molar-refractivity contribution in [2.75, 3.05) is 18.1 Å². The summed E-state index contributed by atoms with van der Waals surface area (Å²) in [7, 11) is 0. The molecule has 1 unspecified atom stereocenters. The van der Waals surface area contributed by atoms with Gasteiger partial charge in [-0.2, -0.15) is 0 Å². The fraction of sp³-hybridized carbons (Fsp3) is 0.217. The Kier molecular flexibility index (Phi) is 5.18. The second-order valence-corrected chi connectivity index (χ2v) is 7.64. The number of hydrogen-bond donors (Lipinski definition) is 0. The standard InChI is InChI=1S/C23H20BrNO3/c1-2-28-22(27)14-25-20-12-11-15-7-3-4-8-16(15)23(20)18(13-21(25)26)17-9-5-6-10-19(17)24/h3-12,18H,2,13-14H2,1H3. The van der Waals surface area contributed by atoms with Crippen LogP contribution < -0.4 is 4.90 Å². The lowest BCUT2D eigenvalue weighted by Crippen LogP contribution is -2.41. The third-order valence-electron chi connectivity index (χ3n) is 5.14. The lowest BCUT2D eigenvalue weighted by atomic mass is 9.81. The van der Waals surface area contributed by atoms with Crippen molar-refractivity contribution in [1.29, 1.82) is 0 Å². The second-order valence-electron chi connectivity index (χ2n) is 6.78. The number of fused-ring (bicyclic) bond motifs is 3. The van der Waals surface area contributed by atoms with Gasteiger partial charge < -0.3 is 9.64 Å². The third kappa shape index (κ3) is 3.31. The highest BCUT2D eigenvalue weighted by atomic mass is 79.9. The zero-order valence-corrected chi connectivity index (χ0v) is 17.1. The molecule has 1 aliphatic rings. The molecule has 3 aromatic rings. The Balaban J connectivity index is 1.91. The zero-order chi connectivity index (χ0) is 19.7. The highest BCUT2D eigenvalue weighted by molar-refractivity contribution is 9.10. The van der Waals surface area contributed by atoms with Gasteiger partial charge in [0.15, 0.2) is 0 Å². The van der Waals surface area contributed by atoms with E-state index in [0.717, 1.165) is 32.1 Å². The van der Waals surface area contributed by atoms with Crippen LogP contribution in [-0.4, -0.2) is 25.0 Å². The Hall–Kier alpha value is -2.66. The normalized spacial score (nSPS) is 16.1. The Morgan fingerprint density at radius 2 is 1.86 bits per heavy atom. The number of hydrogen-bond acceptors (Lipinski definition) is 3. The molecule has 5 heteroatoms. The topological polar surface area (TPSA) is 46.6 Å². The van der Waals surface area contributed by atoms with Gasteiger partial charge >= 0.3 is 5.97 Å². The van der Waals surface area contributed by atoms with E-state index < -0.39 is 5.97 Å². The Labute approximate surface area is 172 Å². The molecule has 0 N–H and O–H groups in total. The lowest BCUT2D eigenvalue weighted by Gasteiger charge is -2.35. The van der Waals surface area contributed by atoms with E-state index >= 15 is 0 Å². The van der Waals surface area contributed by atoms with Gasteiger partial charge in [-0.15, -0.1) is 0 Å². The van der Waals surface area contributed by atoms with Gasteiger partial charge in [-0.05, 0) is 41.0 Å². The molecule has 0 saturated carbocycles. The number of halogens is 1. The van der Waals surface area contributed by atoms with E-state index in [-0.39, 0.29) is 18.4 Å². The fourth-order valence-corrected chi connectivity index (χ4v) is 4.50. The Morgan fingerprint density at radius 3 is 2.64 bits per heavy atom. The number of rotatable bonds is 4. The highest BCUT2D eigenvalue weighted by Crippen LogP contribution is 2.45. The maximum atomic E-state index is 13.0. The van der Waals surface area contributed by atoms with Crippen LogP contribution in [0.15, 0.2) is 65.1 Å². The minimum Gasteiger partial charge on any atom is -0.465 e. The average molecular weight is 438 g/mol. The molecule has 0 saturated heterocycles. The van der Waals surface area contributed by atoms with Crippen LogP contribution in [0.25, 0.3) is 10.8 Å². The van der Waals surface area contributed by atoms with Gasteiger partial charge in [-0.1, -0.05) is 64.5 Å². The van der Waals surface area contributed by atoms with Crippen LogP contribution in [0.2, 0.25) is 0 Å². The molecule has 1 aliphatic heterocycles. The van der Waals surface area contributed by atoms with Crippen molar-refractivity contribution in [3.05, 3.63) is 76.3 Å². The average Bonchev–Trinajstić information content (AvgIpc) is 2.70. The number of carbonyl (C=O) groups is 2. The van der Waals surface area contributed by atoms with Crippen molar-refractivity contribution in [3.63, 3.8) is 0 Å². The third-order valence-corrected chi connectivity index (χ3v) is 5.86. The van der Waals surface area contributed by atoms with Crippen molar-refractivity contribution >= 4 is 44.3 Å². The van der Waals surface area contributed by atoms with Gasteiger partial charge in [0.2, 0.25) is 5.91 Å². The van der Waals surface area contributed by atoms with Gasteiger partial charge in [-0.3, -0.25) is 9.59 Å². The van der Waals surface area contributed by atoms with E-state index in [1.165, 1.54) is 0 Å². The summed E-state index contributed by atoms with van der Waals surface area (Å²) in [6, 6.07) is 20.1. The van der Waals surface area contributed by atoms with Crippen LogP contribution in [-0.2, 0) is 14.3 Å². The van der Waals surface area contributed by atoms with E-state index in [2.05, 4.69) is 34.1 Å². The van der Waals surface area contributed by atoms with Crippen molar-refractivity contribution in [2.24, 2.45) is 0 Å². The zero-order valence-electron chi connectivity index (χ0n) is 15.5. The summed E-state index contributed by atoms with van der Waals surface area (Å²) in [6.45, 7) is 1.99. The molecule has 0 radical (unpaired) electrons. The Bertz CT molecular complexity index is 1060. The largest absolute Gasteiger partial charge is 0.465 e. The first-order valence-electron chi connectivity index (χ1n) is 9.32. The van der Waals surface area contributed by atoms with E-state index in [1.54, 1.807) is 11.8 Å². The lowest BCUT2D eigenvalue weighted by molar-refractivity contribution is -0.142. The van der Waals surface area contributed by atoms with Crippen molar-refractivity contribution < 1.29 is 14.3 Å². The fourth-order valence-electron chi connectivity index (χ4n) is 3.94. The molecule has 0 bridgehead atoms. The molecule has 1 atom stereocenters. The van der Waals surface area contributed by atoms with Crippen molar-refractivity contribution in [1.82, 2.24) is 0 Å². The summed E-state index contributed by atoms with van der Waals surface area (Å²) in [5, 5.41) is 2.21. The molecule has 0 spiro atoms. The molecular formula is C23H20BrNO3. The van der Waals surface area contributed by atoms with Crippen molar-refractivity contribution in [2.45, 2.75) is 19.3 Å². The van der Waals surface area contributed by atoms with Gasteiger partial charge in [0.1, 0.15) is 6.54 Å². The summed E-state index contributed by atoms with van der Waals surface area (Å²) in [5.74, 6) is -0.548. The quantitative estimate of drug-likeness (QED) is 0.537. The first-order valence-corrected chi connectivity index (χ1v) is 10.1. The SMILES string of the molecule is CCOC(=O)CN1C(=O)CC(c2ccccc2Br)c2c1ccc1ccccc21. The van der Waals surface area contributed by atoms with Crippen LogP contribution in [0.3, 0.4) is 0 Å². The van der Waals surface area contributed by atoms with Gasteiger partial charge in [0.05, 0.1) is 6.61 Å². The molecule has 0 aromatic heterocycles. The number of nitrogens with zero attached hydrogens (tertiary/aromatic N) is 1. The molecule has 0 fully saturated rings. The molecule has 4 nitrogen and oxygen atoms in total. The highest BCUT2D eigenvalue weighted by Gasteiger charge is 2.35. The summed E-state index contributed by atoms with van der Waals surface area (Å²) in [4.78, 5) is 26.7. The maximum Gasteiger partial charge on any atom is 0.326 e.